The van der Waals surface area contributed by atoms with Gasteiger partial charge in [-0.1, -0.05) is 0 Å². The Morgan fingerprint density at radius 3 is 2.79 bits per heavy atom. The van der Waals surface area contributed by atoms with Crippen molar-refractivity contribution in [3.63, 3.8) is 0 Å². The molecule has 1 N–H and O–H groups in total. The van der Waals surface area contributed by atoms with Gasteiger partial charge < -0.3 is 5.32 Å². The van der Waals surface area contributed by atoms with Crippen LogP contribution in [0.2, 0.25) is 0 Å². The highest BCUT2D eigenvalue weighted by Crippen LogP contribution is 2.27. The van der Waals surface area contributed by atoms with Gasteiger partial charge in [0.05, 0.1) is 23.1 Å². The van der Waals surface area contributed by atoms with Crippen molar-refractivity contribution in [3.8, 4) is 16.6 Å². The van der Waals surface area contributed by atoms with Crippen molar-refractivity contribution in [1.82, 2.24) is 4.98 Å². The number of hydrogen-bond donors (Lipinski definition) is 1. The molecule has 0 fully saturated rings. The third-order valence-electron chi connectivity index (χ3n) is 3.10. The quantitative estimate of drug-likeness (QED) is 0.687. The molecule has 0 radical (unpaired) electrons. The lowest BCUT2D eigenvalue weighted by Gasteiger charge is -2.04. The molecule has 1 aromatic carbocycles. The Kier molecular flexibility index (Phi) is 5.64. The molecule has 1 amide bonds. The van der Waals surface area contributed by atoms with E-state index in [1.54, 1.807) is 46.9 Å². The number of rotatable bonds is 6. The summed E-state index contributed by atoms with van der Waals surface area (Å²) in [5.74, 6) is 1.02. The summed E-state index contributed by atoms with van der Waals surface area (Å²) < 4.78 is 0. The molecule has 0 unspecified atom stereocenters. The number of carbonyl (C=O) groups excluding carboxylic acids is 1. The number of thiazole rings is 1. The molecular formula is C17H13N3OS3. The van der Waals surface area contributed by atoms with Gasteiger partial charge in [0.15, 0.2) is 0 Å². The fraction of sp³-hybridized carbons (Fsp3) is 0.118. The Labute approximate surface area is 152 Å². The van der Waals surface area contributed by atoms with Gasteiger partial charge in [0.1, 0.15) is 5.01 Å². The van der Waals surface area contributed by atoms with E-state index in [9.17, 15) is 4.79 Å². The lowest BCUT2D eigenvalue weighted by Crippen LogP contribution is -2.14. The number of hydrogen-bond acceptors (Lipinski definition) is 6. The molecule has 0 atom stereocenters. The van der Waals surface area contributed by atoms with E-state index in [1.165, 1.54) is 11.8 Å². The second kappa shape index (κ2) is 8.11. The number of nitrogens with zero attached hydrogens (tertiary/aromatic N) is 2. The van der Waals surface area contributed by atoms with Crippen LogP contribution in [0.5, 0.6) is 0 Å². The highest BCUT2D eigenvalue weighted by atomic mass is 32.2. The molecule has 0 saturated carbocycles. The van der Waals surface area contributed by atoms with Gasteiger partial charge in [-0.15, -0.1) is 23.1 Å². The number of anilines is 1. The minimum Gasteiger partial charge on any atom is -0.325 e. The van der Waals surface area contributed by atoms with E-state index in [0.29, 0.717) is 22.8 Å². The molecule has 4 nitrogen and oxygen atoms in total. The zero-order valence-electron chi connectivity index (χ0n) is 12.6. The number of nitrogens with one attached hydrogen (secondary N) is 1. The Morgan fingerprint density at radius 2 is 2.08 bits per heavy atom. The molecule has 3 aromatic rings. The van der Waals surface area contributed by atoms with Crippen molar-refractivity contribution in [1.29, 1.82) is 5.26 Å². The lowest BCUT2D eigenvalue weighted by molar-refractivity contribution is -0.113. The monoisotopic (exact) mass is 371 g/mol. The van der Waals surface area contributed by atoms with Gasteiger partial charge in [0.2, 0.25) is 5.91 Å². The summed E-state index contributed by atoms with van der Waals surface area (Å²) in [6, 6.07) is 10.9. The van der Waals surface area contributed by atoms with Gasteiger partial charge in [-0.25, -0.2) is 4.98 Å². The van der Waals surface area contributed by atoms with Gasteiger partial charge in [-0.2, -0.15) is 16.6 Å². The smallest absolute Gasteiger partial charge is 0.234 e. The summed E-state index contributed by atoms with van der Waals surface area (Å²) >= 11 is 4.82. The average molecular weight is 372 g/mol. The van der Waals surface area contributed by atoms with Crippen molar-refractivity contribution in [2.24, 2.45) is 0 Å². The van der Waals surface area contributed by atoms with Crippen molar-refractivity contribution >= 4 is 46.0 Å². The number of thiophene rings is 1. The predicted octanol–water partition coefficient (Wildman–Crippen LogP) is 4.62. The number of carbonyl (C=O) groups is 1. The van der Waals surface area contributed by atoms with Crippen molar-refractivity contribution in [2.75, 3.05) is 11.1 Å². The van der Waals surface area contributed by atoms with Gasteiger partial charge in [-0.05, 0) is 35.7 Å². The van der Waals surface area contributed by atoms with Crippen LogP contribution in [-0.4, -0.2) is 16.6 Å². The van der Waals surface area contributed by atoms with Gasteiger partial charge in [-0.3, -0.25) is 4.79 Å². The van der Waals surface area contributed by atoms with Gasteiger partial charge in [0, 0.05) is 27.8 Å². The Hall–Kier alpha value is -2.14. The number of nitriles is 1. The molecule has 0 spiro atoms. The molecule has 0 saturated heterocycles. The summed E-state index contributed by atoms with van der Waals surface area (Å²) in [7, 11) is 0. The second-order valence-corrected chi connectivity index (χ2v) is 7.51. The van der Waals surface area contributed by atoms with E-state index in [4.69, 9.17) is 5.26 Å². The van der Waals surface area contributed by atoms with Crippen LogP contribution >= 0.6 is 34.4 Å². The van der Waals surface area contributed by atoms with Crippen molar-refractivity contribution < 1.29 is 4.79 Å². The Balaban J connectivity index is 1.46. The maximum atomic E-state index is 11.9. The van der Waals surface area contributed by atoms with E-state index in [-0.39, 0.29) is 5.91 Å². The summed E-state index contributed by atoms with van der Waals surface area (Å²) in [6.07, 6.45) is 0. The van der Waals surface area contributed by atoms with Crippen LogP contribution in [0.4, 0.5) is 5.69 Å². The molecule has 2 heterocycles. The van der Waals surface area contributed by atoms with E-state index < -0.39 is 0 Å². The van der Waals surface area contributed by atoms with Crippen LogP contribution in [0.25, 0.3) is 10.6 Å². The number of amides is 1. The molecule has 0 aliphatic rings. The maximum Gasteiger partial charge on any atom is 0.234 e. The molecule has 120 valence electrons. The molecule has 0 aliphatic heterocycles. The fourth-order valence-electron chi connectivity index (χ4n) is 1.97. The normalized spacial score (nSPS) is 10.3. The first-order valence-electron chi connectivity index (χ1n) is 7.09. The largest absolute Gasteiger partial charge is 0.325 e. The fourth-order valence-corrected chi connectivity index (χ4v) is 4.32. The van der Waals surface area contributed by atoms with Crippen LogP contribution in [0.3, 0.4) is 0 Å². The molecular weight excluding hydrogens is 358 g/mol. The first kappa shape index (κ1) is 16.7. The van der Waals surface area contributed by atoms with Crippen molar-refractivity contribution in [2.45, 2.75) is 5.75 Å². The molecule has 2 aromatic heterocycles. The summed E-state index contributed by atoms with van der Waals surface area (Å²) in [5, 5.41) is 18.8. The third kappa shape index (κ3) is 4.45. The first-order chi connectivity index (χ1) is 11.7. The molecule has 7 heteroatoms. The summed E-state index contributed by atoms with van der Waals surface area (Å²) in [5.41, 5.74) is 3.43. The SMILES string of the molecule is N#Cc1ccc(NC(=O)CSCc2csc(-c3ccsc3)n2)cc1. The van der Waals surface area contributed by atoms with Gasteiger partial charge in [0.25, 0.3) is 0 Å². The zero-order chi connectivity index (χ0) is 16.8. The molecule has 0 bridgehead atoms. The third-order valence-corrected chi connectivity index (χ3v) is 5.69. The minimum absolute atomic E-state index is 0.0574. The molecule has 3 rings (SSSR count). The highest BCUT2D eigenvalue weighted by Gasteiger charge is 2.07. The van der Waals surface area contributed by atoms with E-state index in [2.05, 4.69) is 21.7 Å². The highest BCUT2D eigenvalue weighted by molar-refractivity contribution is 7.99. The van der Waals surface area contributed by atoms with Crippen LogP contribution in [0.1, 0.15) is 11.3 Å². The van der Waals surface area contributed by atoms with E-state index >= 15 is 0 Å². The number of benzene rings is 1. The maximum absolute atomic E-state index is 11.9. The van der Waals surface area contributed by atoms with Crippen LogP contribution < -0.4 is 5.32 Å². The first-order valence-corrected chi connectivity index (χ1v) is 10.1. The van der Waals surface area contributed by atoms with E-state index in [1.807, 2.05) is 16.8 Å². The number of aromatic nitrogens is 1. The molecule has 24 heavy (non-hydrogen) atoms. The van der Waals surface area contributed by atoms with E-state index in [0.717, 1.165) is 16.3 Å². The van der Waals surface area contributed by atoms with Gasteiger partial charge >= 0.3 is 0 Å². The molecule has 0 aliphatic carbocycles. The second-order valence-electron chi connectivity index (χ2n) is 4.89. The zero-order valence-corrected chi connectivity index (χ0v) is 15.0. The summed E-state index contributed by atoms with van der Waals surface area (Å²) in [4.78, 5) is 16.5. The standard InChI is InChI=1S/C17H13N3OS3/c18-7-12-1-3-14(4-2-12)19-16(21)11-23-9-15-10-24-17(20-15)13-5-6-22-8-13/h1-6,8,10H,9,11H2,(H,19,21). The Bertz CT molecular complexity index is 848. The average Bonchev–Trinajstić information content (AvgIpc) is 3.27. The number of thioether (sulfide) groups is 1. The predicted molar refractivity (Wildman–Crippen MR) is 101 cm³/mol. The summed E-state index contributed by atoms with van der Waals surface area (Å²) in [6.45, 7) is 0. The lowest BCUT2D eigenvalue weighted by atomic mass is 10.2. The van der Waals surface area contributed by atoms with Crippen molar-refractivity contribution in [3.05, 3.63) is 57.7 Å². The Morgan fingerprint density at radius 1 is 1.25 bits per heavy atom. The topological polar surface area (TPSA) is 65.8 Å². The van der Waals surface area contributed by atoms with Crippen LogP contribution in [-0.2, 0) is 10.5 Å². The minimum atomic E-state index is -0.0574. The van der Waals surface area contributed by atoms with Crippen LogP contribution in [0, 0.1) is 11.3 Å². The van der Waals surface area contributed by atoms with Crippen LogP contribution in [0.15, 0.2) is 46.5 Å².